The van der Waals surface area contributed by atoms with Crippen molar-refractivity contribution in [2.75, 3.05) is 32.8 Å². The quantitative estimate of drug-likeness (QED) is 0.725. The maximum atomic E-state index is 6.15. The van der Waals surface area contributed by atoms with Crippen molar-refractivity contribution in [2.24, 2.45) is 11.1 Å². The number of rotatable bonds is 2. The molecule has 1 saturated heterocycles. The van der Waals surface area contributed by atoms with Gasteiger partial charge in [0.05, 0.1) is 6.61 Å². The minimum atomic E-state index is 0.202. The maximum absolute atomic E-state index is 6.15. The summed E-state index contributed by atoms with van der Waals surface area (Å²) in [5.74, 6) is 0. The van der Waals surface area contributed by atoms with Gasteiger partial charge in [0.1, 0.15) is 0 Å². The van der Waals surface area contributed by atoms with Gasteiger partial charge in [0.15, 0.2) is 0 Å². The van der Waals surface area contributed by atoms with Gasteiger partial charge in [-0.2, -0.15) is 0 Å². The van der Waals surface area contributed by atoms with E-state index in [0.29, 0.717) is 0 Å². The van der Waals surface area contributed by atoms with Crippen LogP contribution in [0.3, 0.4) is 0 Å². The van der Waals surface area contributed by atoms with Gasteiger partial charge in [-0.05, 0) is 11.8 Å². The summed E-state index contributed by atoms with van der Waals surface area (Å²) in [6.45, 7) is 11.5. The monoisotopic (exact) mass is 200 g/mol. The summed E-state index contributed by atoms with van der Waals surface area (Å²) in [5.41, 5.74) is 6.35. The first-order valence-electron chi connectivity index (χ1n) is 5.56. The summed E-state index contributed by atoms with van der Waals surface area (Å²) in [6, 6.07) is 0.251. The summed E-state index contributed by atoms with van der Waals surface area (Å²) in [5, 5.41) is 0. The molecule has 2 N–H and O–H groups in total. The molecule has 84 valence electrons. The lowest BCUT2D eigenvalue weighted by molar-refractivity contribution is 0.136. The molecule has 0 saturated carbocycles. The van der Waals surface area contributed by atoms with E-state index in [1.807, 2.05) is 0 Å². The molecule has 0 bridgehead atoms. The second-order valence-corrected chi connectivity index (χ2v) is 5.24. The highest BCUT2D eigenvalue weighted by Crippen LogP contribution is 2.18. The number of nitrogens with zero attached hydrogens (tertiary/aromatic N) is 1. The summed E-state index contributed by atoms with van der Waals surface area (Å²) >= 11 is 0. The van der Waals surface area contributed by atoms with Crippen LogP contribution in [-0.4, -0.2) is 43.8 Å². The van der Waals surface area contributed by atoms with Gasteiger partial charge in [-0.15, -0.1) is 0 Å². The smallest absolute Gasteiger partial charge is 0.0593 e. The molecule has 3 nitrogen and oxygen atoms in total. The zero-order valence-electron chi connectivity index (χ0n) is 9.75. The Hall–Kier alpha value is -0.120. The Labute approximate surface area is 87.6 Å². The van der Waals surface area contributed by atoms with Gasteiger partial charge >= 0.3 is 0 Å². The summed E-state index contributed by atoms with van der Waals surface area (Å²) in [7, 11) is 0. The average molecular weight is 200 g/mol. The molecule has 1 aliphatic heterocycles. The SMILES string of the molecule is CC(C)(C)C(N)CN1CCCOCC1. The van der Waals surface area contributed by atoms with Crippen molar-refractivity contribution in [3.05, 3.63) is 0 Å². The van der Waals surface area contributed by atoms with Gasteiger partial charge in [0.25, 0.3) is 0 Å². The Balaban J connectivity index is 2.34. The molecule has 14 heavy (non-hydrogen) atoms. The number of ether oxygens (including phenoxy) is 1. The van der Waals surface area contributed by atoms with E-state index in [1.165, 1.54) is 0 Å². The van der Waals surface area contributed by atoms with Crippen LogP contribution in [0.1, 0.15) is 27.2 Å². The standard InChI is InChI=1S/C11H24N2O/c1-11(2,3)10(12)9-13-5-4-7-14-8-6-13/h10H,4-9,12H2,1-3H3. The zero-order valence-corrected chi connectivity index (χ0v) is 9.75. The highest BCUT2D eigenvalue weighted by Gasteiger charge is 2.23. The van der Waals surface area contributed by atoms with Crippen LogP contribution in [0.15, 0.2) is 0 Å². The number of hydrogen-bond donors (Lipinski definition) is 1. The van der Waals surface area contributed by atoms with Crippen molar-refractivity contribution in [3.63, 3.8) is 0 Å². The van der Waals surface area contributed by atoms with Crippen molar-refractivity contribution in [1.82, 2.24) is 4.90 Å². The Kier molecular flexibility index (Phi) is 4.35. The van der Waals surface area contributed by atoms with E-state index in [0.717, 1.165) is 39.3 Å². The van der Waals surface area contributed by atoms with Crippen molar-refractivity contribution < 1.29 is 4.74 Å². The van der Waals surface area contributed by atoms with Crippen LogP contribution in [-0.2, 0) is 4.74 Å². The fourth-order valence-corrected chi connectivity index (χ4v) is 1.53. The molecule has 1 rings (SSSR count). The zero-order chi connectivity index (χ0) is 10.6. The van der Waals surface area contributed by atoms with Crippen LogP contribution in [0.5, 0.6) is 0 Å². The third-order valence-electron chi connectivity index (χ3n) is 2.88. The fraction of sp³-hybridized carbons (Fsp3) is 1.00. The minimum Gasteiger partial charge on any atom is -0.380 e. The first kappa shape index (κ1) is 12.0. The number of hydrogen-bond acceptors (Lipinski definition) is 3. The van der Waals surface area contributed by atoms with Crippen LogP contribution in [0, 0.1) is 5.41 Å². The van der Waals surface area contributed by atoms with Crippen molar-refractivity contribution >= 4 is 0 Å². The summed E-state index contributed by atoms with van der Waals surface area (Å²) in [4.78, 5) is 2.42. The van der Waals surface area contributed by atoms with E-state index in [2.05, 4.69) is 25.7 Å². The molecule has 0 aliphatic carbocycles. The molecule has 1 fully saturated rings. The van der Waals surface area contributed by atoms with Crippen molar-refractivity contribution in [3.8, 4) is 0 Å². The van der Waals surface area contributed by atoms with Crippen molar-refractivity contribution in [1.29, 1.82) is 0 Å². The van der Waals surface area contributed by atoms with E-state index in [4.69, 9.17) is 10.5 Å². The molecular formula is C11H24N2O. The Morgan fingerprint density at radius 1 is 1.29 bits per heavy atom. The van der Waals surface area contributed by atoms with Crippen LogP contribution >= 0.6 is 0 Å². The normalized spacial score (nSPS) is 23.1. The fourth-order valence-electron chi connectivity index (χ4n) is 1.53. The Morgan fingerprint density at radius 2 is 2.00 bits per heavy atom. The largest absolute Gasteiger partial charge is 0.380 e. The summed E-state index contributed by atoms with van der Waals surface area (Å²) < 4.78 is 5.41. The Bertz CT molecular complexity index is 157. The van der Waals surface area contributed by atoms with Gasteiger partial charge in [0, 0.05) is 32.3 Å². The lowest BCUT2D eigenvalue weighted by Gasteiger charge is -2.32. The molecule has 0 spiro atoms. The highest BCUT2D eigenvalue weighted by molar-refractivity contribution is 4.80. The second kappa shape index (κ2) is 5.10. The second-order valence-electron chi connectivity index (χ2n) is 5.24. The van der Waals surface area contributed by atoms with E-state index >= 15 is 0 Å². The maximum Gasteiger partial charge on any atom is 0.0593 e. The third kappa shape index (κ3) is 3.95. The first-order valence-corrected chi connectivity index (χ1v) is 5.56. The molecule has 0 amide bonds. The first-order chi connectivity index (χ1) is 6.50. The van der Waals surface area contributed by atoms with Crippen LogP contribution in [0.4, 0.5) is 0 Å². The molecule has 1 unspecified atom stereocenters. The summed E-state index contributed by atoms with van der Waals surface area (Å²) in [6.07, 6.45) is 1.14. The lowest BCUT2D eigenvalue weighted by atomic mass is 9.87. The van der Waals surface area contributed by atoms with Gasteiger partial charge < -0.3 is 10.5 Å². The predicted molar refractivity (Wildman–Crippen MR) is 59.3 cm³/mol. The van der Waals surface area contributed by atoms with E-state index < -0.39 is 0 Å². The molecule has 0 aromatic carbocycles. The molecule has 0 aromatic heterocycles. The highest BCUT2D eigenvalue weighted by atomic mass is 16.5. The van der Waals surface area contributed by atoms with Gasteiger partial charge in [-0.1, -0.05) is 20.8 Å². The predicted octanol–water partition coefficient (Wildman–Crippen LogP) is 1.08. The molecule has 1 aliphatic rings. The number of nitrogens with two attached hydrogens (primary N) is 1. The van der Waals surface area contributed by atoms with Gasteiger partial charge in [-0.3, -0.25) is 4.90 Å². The molecule has 0 aromatic rings. The van der Waals surface area contributed by atoms with E-state index in [9.17, 15) is 0 Å². The van der Waals surface area contributed by atoms with E-state index in [-0.39, 0.29) is 11.5 Å². The topological polar surface area (TPSA) is 38.5 Å². The minimum absolute atomic E-state index is 0.202. The van der Waals surface area contributed by atoms with E-state index in [1.54, 1.807) is 0 Å². The Morgan fingerprint density at radius 3 is 2.64 bits per heavy atom. The van der Waals surface area contributed by atoms with Crippen LogP contribution in [0.25, 0.3) is 0 Å². The van der Waals surface area contributed by atoms with Crippen LogP contribution in [0.2, 0.25) is 0 Å². The molecule has 0 radical (unpaired) electrons. The average Bonchev–Trinajstić information content (AvgIpc) is 2.31. The molecule has 1 heterocycles. The molecular weight excluding hydrogens is 176 g/mol. The third-order valence-corrected chi connectivity index (χ3v) is 2.88. The van der Waals surface area contributed by atoms with Crippen LogP contribution < -0.4 is 5.73 Å². The van der Waals surface area contributed by atoms with Gasteiger partial charge in [-0.25, -0.2) is 0 Å². The lowest BCUT2D eigenvalue weighted by Crippen LogP contribution is -2.46. The molecule has 1 atom stereocenters. The van der Waals surface area contributed by atoms with Gasteiger partial charge in [0.2, 0.25) is 0 Å². The molecule has 3 heteroatoms. The van der Waals surface area contributed by atoms with Crippen molar-refractivity contribution in [2.45, 2.75) is 33.2 Å².